The summed E-state index contributed by atoms with van der Waals surface area (Å²) >= 11 is 0. The highest BCUT2D eigenvalue weighted by molar-refractivity contribution is 5.88. The number of aliphatic imine (C=N–C) groups is 1. The molecule has 1 fully saturated rings. The number of hydrogen-bond acceptors (Lipinski definition) is 5. The third-order valence-electron chi connectivity index (χ3n) is 6.23. The van der Waals surface area contributed by atoms with Gasteiger partial charge in [-0.05, 0) is 56.8 Å². The zero-order valence-electron chi connectivity index (χ0n) is 20.6. The minimum atomic E-state index is -0.775. The summed E-state index contributed by atoms with van der Waals surface area (Å²) in [7, 11) is 0. The molecule has 0 aliphatic heterocycles. The first-order valence-electron chi connectivity index (χ1n) is 12.5. The van der Waals surface area contributed by atoms with Crippen LogP contribution in [0.4, 0.5) is 0 Å². The molecule has 1 aliphatic carbocycles. The molecule has 1 atom stereocenters. The van der Waals surface area contributed by atoms with Crippen molar-refractivity contribution in [2.75, 3.05) is 13.1 Å². The molecule has 0 spiro atoms. The number of guanidine groups is 1. The summed E-state index contributed by atoms with van der Waals surface area (Å²) in [5, 5.41) is 15.5. The fourth-order valence-electron chi connectivity index (χ4n) is 4.19. The molecule has 0 saturated heterocycles. The first-order valence-corrected chi connectivity index (χ1v) is 12.5. The molecule has 5 N–H and O–H groups in total. The molecule has 10 nitrogen and oxygen atoms in total. The molecule has 190 valence electrons. The first-order chi connectivity index (χ1) is 15.7. The number of nitro groups is 1. The lowest BCUT2D eigenvalue weighted by atomic mass is 9.79. The SMILES string of the molecule is CCCCCC1CCC(C(=O)N[C@@H](CCCN=C(N)N[N+](=O)[O-])C(=O)NCCC(C)C)CC1. The van der Waals surface area contributed by atoms with Crippen molar-refractivity contribution in [2.45, 2.75) is 97.4 Å². The van der Waals surface area contributed by atoms with E-state index in [9.17, 15) is 19.7 Å². The molecule has 2 amide bonds. The number of rotatable bonds is 15. The number of nitrogens with one attached hydrogen (secondary N) is 3. The van der Waals surface area contributed by atoms with Gasteiger partial charge >= 0.3 is 0 Å². The highest BCUT2D eigenvalue weighted by Gasteiger charge is 2.29. The van der Waals surface area contributed by atoms with E-state index < -0.39 is 11.1 Å². The van der Waals surface area contributed by atoms with E-state index >= 15 is 0 Å². The Kier molecular flexibility index (Phi) is 14.1. The molecule has 1 rings (SSSR count). The van der Waals surface area contributed by atoms with Gasteiger partial charge < -0.3 is 16.4 Å². The molecule has 33 heavy (non-hydrogen) atoms. The van der Waals surface area contributed by atoms with Crippen LogP contribution in [0.25, 0.3) is 0 Å². The number of amides is 2. The van der Waals surface area contributed by atoms with Crippen LogP contribution in [0.1, 0.15) is 91.4 Å². The zero-order chi connectivity index (χ0) is 24.6. The van der Waals surface area contributed by atoms with E-state index in [4.69, 9.17) is 5.73 Å². The second-order valence-corrected chi connectivity index (χ2v) is 9.53. The monoisotopic (exact) mass is 468 g/mol. The lowest BCUT2D eigenvalue weighted by Gasteiger charge is -2.29. The predicted molar refractivity (Wildman–Crippen MR) is 130 cm³/mol. The maximum absolute atomic E-state index is 12.9. The van der Waals surface area contributed by atoms with Crippen molar-refractivity contribution in [2.24, 2.45) is 28.5 Å². The Labute approximate surface area is 198 Å². The number of nitrogens with zero attached hydrogens (tertiary/aromatic N) is 2. The van der Waals surface area contributed by atoms with Gasteiger partial charge in [-0.2, -0.15) is 0 Å². The Morgan fingerprint density at radius 2 is 1.82 bits per heavy atom. The zero-order valence-corrected chi connectivity index (χ0v) is 20.6. The van der Waals surface area contributed by atoms with Crippen LogP contribution in [0.3, 0.4) is 0 Å². The van der Waals surface area contributed by atoms with Crippen LogP contribution in [-0.4, -0.2) is 41.9 Å². The molecule has 10 heteroatoms. The number of hydrogen-bond donors (Lipinski definition) is 4. The van der Waals surface area contributed by atoms with Crippen LogP contribution in [0, 0.1) is 27.9 Å². The maximum Gasteiger partial charge on any atom is 0.251 e. The van der Waals surface area contributed by atoms with Gasteiger partial charge in [0.1, 0.15) is 6.04 Å². The highest BCUT2D eigenvalue weighted by atomic mass is 16.7. The minimum absolute atomic E-state index is 0.0451. The van der Waals surface area contributed by atoms with Crippen LogP contribution in [0.15, 0.2) is 4.99 Å². The van der Waals surface area contributed by atoms with Crippen molar-refractivity contribution in [3.05, 3.63) is 10.1 Å². The van der Waals surface area contributed by atoms with Gasteiger partial charge in [0, 0.05) is 19.0 Å². The lowest BCUT2D eigenvalue weighted by molar-refractivity contribution is -0.525. The summed E-state index contributed by atoms with van der Waals surface area (Å²) in [5.41, 5.74) is 7.21. The molecular weight excluding hydrogens is 424 g/mol. The second-order valence-electron chi connectivity index (χ2n) is 9.53. The summed E-state index contributed by atoms with van der Waals surface area (Å²) in [4.78, 5) is 39.9. The summed E-state index contributed by atoms with van der Waals surface area (Å²) in [5.74, 6) is 0.611. The van der Waals surface area contributed by atoms with Gasteiger partial charge in [0.15, 0.2) is 5.03 Å². The van der Waals surface area contributed by atoms with Crippen molar-refractivity contribution < 1.29 is 14.6 Å². The van der Waals surface area contributed by atoms with Crippen LogP contribution < -0.4 is 21.8 Å². The summed E-state index contributed by atoms with van der Waals surface area (Å²) < 4.78 is 0. The summed E-state index contributed by atoms with van der Waals surface area (Å²) in [6.45, 7) is 7.17. The van der Waals surface area contributed by atoms with Crippen LogP contribution in [0.5, 0.6) is 0 Å². The summed E-state index contributed by atoms with van der Waals surface area (Å²) in [6.07, 6.45) is 10.6. The number of carbonyl (C=O) groups excluding carboxylic acids is 2. The average molecular weight is 469 g/mol. The molecule has 0 heterocycles. The lowest BCUT2D eigenvalue weighted by Crippen LogP contribution is -2.49. The standard InChI is InChI=1S/C23H44N6O4/c1-4-5-6-8-18-10-12-19(13-11-18)21(30)27-20(22(31)25-16-14-17(2)3)9-7-15-26-23(24)28-29(32)33/h17-20H,4-16H2,1-3H3,(H,25,31)(H,27,30)(H3,24,26,28)/t18?,19?,20-/m0/s1. The van der Waals surface area contributed by atoms with E-state index in [-0.39, 0.29) is 30.2 Å². The number of carbonyl (C=O) groups is 2. The molecule has 1 saturated carbocycles. The number of unbranched alkanes of at least 4 members (excludes halogenated alkanes) is 2. The van der Waals surface area contributed by atoms with E-state index in [1.807, 2.05) is 0 Å². The van der Waals surface area contributed by atoms with Crippen molar-refractivity contribution in [3.8, 4) is 0 Å². The Bertz CT molecular complexity index is 632. The Balaban J connectivity index is 2.57. The van der Waals surface area contributed by atoms with Gasteiger partial charge in [0.2, 0.25) is 11.8 Å². The van der Waals surface area contributed by atoms with Gasteiger partial charge in [-0.3, -0.25) is 9.59 Å². The van der Waals surface area contributed by atoms with Crippen LogP contribution >= 0.6 is 0 Å². The molecule has 0 unspecified atom stereocenters. The molecule has 0 bridgehead atoms. The molecule has 1 aliphatic rings. The maximum atomic E-state index is 12.9. The number of hydrazine groups is 1. The Hall–Kier alpha value is -2.39. The average Bonchev–Trinajstić information content (AvgIpc) is 2.75. The first kappa shape index (κ1) is 28.6. The fourth-order valence-corrected chi connectivity index (χ4v) is 4.19. The van der Waals surface area contributed by atoms with Crippen molar-refractivity contribution >= 4 is 17.8 Å². The Morgan fingerprint density at radius 1 is 1.12 bits per heavy atom. The van der Waals surface area contributed by atoms with Crippen LogP contribution in [-0.2, 0) is 9.59 Å². The predicted octanol–water partition coefficient (Wildman–Crippen LogP) is 2.90. The van der Waals surface area contributed by atoms with Crippen molar-refractivity contribution in [1.82, 2.24) is 16.1 Å². The number of nitrogens with two attached hydrogens (primary N) is 1. The van der Waals surface area contributed by atoms with Gasteiger partial charge in [0.25, 0.3) is 5.96 Å². The van der Waals surface area contributed by atoms with Gasteiger partial charge in [0.05, 0.1) is 0 Å². The largest absolute Gasteiger partial charge is 0.365 e. The topological polar surface area (TPSA) is 152 Å². The van der Waals surface area contributed by atoms with Gasteiger partial charge in [-0.25, -0.2) is 15.1 Å². The third-order valence-corrected chi connectivity index (χ3v) is 6.23. The highest BCUT2D eigenvalue weighted by Crippen LogP contribution is 2.32. The normalized spacial score (nSPS) is 19.7. The summed E-state index contributed by atoms with van der Waals surface area (Å²) in [6, 6.07) is -0.646. The van der Waals surface area contributed by atoms with Gasteiger partial charge in [-0.15, -0.1) is 0 Å². The molecular formula is C23H44N6O4. The quantitative estimate of drug-likeness (QED) is 0.0953. The van der Waals surface area contributed by atoms with E-state index in [0.29, 0.717) is 31.2 Å². The second kappa shape index (κ2) is 16.3. The van der Waals surface area contributed by atoms with Crippen molar-refractivity contribution in [1.29, 1.82) is 0 Å². The minimum Gasteiger partial charge on any atom is -0.365 e. The van der Waals surface area contributed by atoms with Crippen molar-refractivity contribution in [3.63, 3.8) is 0 Å². The Morgan fingerprint density at radius 3 is 2.42 bits per heavy atom. The smallest absolute Gasteiger partial charge is 0.251 e. The van der Waals surface area contributed by atoms with Gasteiger partial charge in [-0.1, -0.05) is 51.9 Å². The van der Waals surface area contributed by atoms with E-state index in [0.717, 1.165) is 32.1 Å². The molecule has 0 aromatic carbocycles. The fraction of sp³-hybridized carbons (Fsp3) is 0.870. The molecule has 0 aromatic heterocycles. The van der Waals surface area contributed by atoms with E-state index in [2.05, 4.69) is 36.4 Å². The molecule has 0 radical (unpaired) electrons. The van der Waals surface area contributed by atoms with Crippen LogP contribution in [0.2, 0.25) is 0 Å². The molecule has 0 aromatic rings. The van der Waals surface area contributed by atoms with E-state index in [1.165, 1.54) is 25.7 Å². The third kappa shape index (κ3) is 13.0. The van der Waals surface area contributed by atoms with E-state index in [1.54, 1.807) is 5.43 Å².